The van der Waals surface area contributed by atoms with Crippen molar-refractivity contribution in [2.75, 3.05) is 31.6 Å². The van der Waals surface area contributed by atoms with E-state index < -0.39 is 33.2 Å². The monoisotopic (exact) mass is 554 g/mol. The molecule has 9 nitrogen and oxygen atoms in total. The van der Waals surface area contributed by atoms with Gasteiger partial charge in [0.15, 0.2) is 7.85 Å². The smallest absolute Gasteiger partial charge is 0.254 e. The molecule has 2 aromatic rings. The van der Waals surface area contributed by atoms with E-state index in [2.05, 4.69) is 10.6 Å². The van der Waals surface area contributed by atoms with Crippen molar-refractivity contribution in [2.24, 2.45) is 0 Å². The lowest BCUT2D eigenvalue weighted by atomic mass is 9.21. The van der Waals surface area contributed by atoms with Crippen molar-refractivity contribution in [1.82, 2.24) is 15.1 Å². The van der Waals surface area contributed by atoms with E-state index in [1.165, 1.54) is 6.07 Å². The van der Waals surface area contributed by atoms with Gasteiger partial charge in [0, 0.05) is 48.6 Å². The van der Waals surface area contributed by atoms with Crippen molar-refractivity contribution in [3.63, 3.8) is 0 Å². The highest BCUT2D eigenvalue weighted by Crippen LogP contribution is 2.55. The first-order valence-electron chi connectivity index (χ1n) is 14.0. The highest BCUT2D eigenvalue weighted by Gasteiger charge is 2.64. The van der Waals surface area contributed by atoms with E-state index in [1.807, 2.05) is 26.7 Å². The van der Waals surface area contributed by atoms with Gasteiger partial charge in [0.05, 0.1) is 18.7 Å². The maximum atomic E-state index is 14.9. The van der Waals surface area contributed by atoms with Gasteiger partial charge in [0.2, 0.25) is 11.8 Å². The summed E-state index contributed by atoms with van der Waals surface area (Å²) >= 11 is 0. The van der Waals surface area contributed by atoms with Crippen LogP contribution in [0.2, 0.25) is 10.4 Å². The van der Waals surface area contributed by atoms with E-state index in [9.17, 15) is 23.9 Å². The molecule has 2 fully saturated rings. The number of nitrogens with zero attached hydrogens (tertiary/aromatic N) is 2. The summed E-state index contributed by atoms with van der Waals surface area (Å²) in [6.07, 6.45) is 0. The molecule has 3 N–H and O–H groups in total. The minimum Gasteiger partial charge on any atom is -0.381 e. The van der Waals surface area contributed by atoms with E-state index in [0.29, 0.717) is 54.2 Å². The molecule has 0 radical (unpaired) electrons. The number of halogens is 1. The largest absolute Gasteiger partial charge is 0.381 e. The topological polar surface area (TPSA) is 111 Å². The van der Waals surface area contributed by atoms with Crippen LogP contribution in [0, 0.1) is 5.82 Å². The predicted octanol–water partition coefficient (Wildman–Crippen LogP) is -4.79. The molecule has 0 saturated carbocycles. The van der Waals surface area contributed by atoms with Crippen molar-refractivity contribution in [1.29, 1.82) is 0 Å². The second-order valence-corrected chi connectivity index (χ2v) is 12.6. The number of carbonyl (C=O) groups excluding carboxylic acids is 3. The van der Waals surface area contributed by atoms with Gasteiger partial charge in [-0.05, 0) is 35.0 Å². The lowest BCUT2D eigenvalue weighted by molar-refractivity contribution is -0.140. The second kappa shape index (κ2) is 10.1. The minimum atomic E-state index is -1.30. The first kappa shape index (κ1) is 29.5. The number of piperidine rings is 1. The summed E-state index contributed by atoms with van der Waals surface area (Å²) in [5, 5.41) is 15.3. The SMILES string of the molecule is BC(O)(c1ccc(F)c(CNc2cccc3c2CN(C2(B)C(=O)NC(=O)C(B)(B)C2(B)B)C3=O)c1)N1CCOCC1. The van der Waals surface area contributed by atoms with Crippen molar-refractivity contribution in [3.8, 4) is 0 Å². The fraction of sp³-hybridized carbons (Fsp3) is 0.400. The molecule has 2 saturated heterocycles. The molecule has 0 bridgehead atoms. The minimum absolute atomic E-state index is 0.119. The third-order valence-corrected chi connectivity index (χ3v) is 10.2. The Bertz CT molecular complexity index is 1440. The van der Waals surface area contributed by atoms with Crippen LogP contribution in [0.3, 0.4) is 0 Å². The summed E-state index contributed by atoms with van der Waals surface area (Å²) < 4.78 is 20.3. The molecule has 5 rings (SSSR count). The number of benzene rings is 2. The number of hydrogen-bond donors (Lipinski definition) is 3. The molecule has 0 aliphatic carbocycles. The summed E-state index contributed by atoms with van der Waals surface area (Å²) in [7, 11) is 10.7. The van der Waals surface area contributed by atoms with E-state index in [4.69, 9.17) is 4.74 Å². The highest BCUT2D eigenvalue weighted by atomic mass is 19.1. The van der Waals surface area contributed by atoms with Crippen LogP contribution >= 0.6 is 0 Å². The normalized spacial score (nSPS) is 25.3. The van der Waals surface area contributed by atoms with Gasteiger partial charge >= 0.3 is 0 Å². The third kappa shape index (κ3) is 4.46. The van der Waals surface area contributed by atoms with Crippen LogP contribution in [-0.4, -0.2) is 111 Å². The number of nitrogens with one attached hydrogen (secondary N) is 2. The highest BCUT2D eigenvalue weighted by molar-refractivity contribution is 6.66. The lowest BCUT2D eigenvalue weighted by Gasteiger charge is -2.59. The van der Waals surface area contributed by atoms with Gasteiger partial charge < -0.3 is 20.1 Å². The number of rotatable bonds is 6. The number of imide groups is 1. The first-order chi connectivity index (χ1) is 19.1. The molecule has 0 spiro atoms. The Morgan fingerprint density at radius 3 is 2.41 bits per heavy atom. The number of amides is 3. The van der Waals surface area contributed by atoms with Gasteiger partial charge in [-0.15, -0.1) is 0 Å². The average Bonchev–Trinajstić information content (AvgIpc) is 3.28. The van der Waals surface area contributed by atoms with Gasteiger partial charge in [-0.1, -0.05) is 17.3 Å². The maximum Gasteiger partial charge on any atom is 0.254 e. The van der Waals surface area contributed by atoms with Crippen LogP contribution < -0.4 is 10.6 Å². The van der Waals surface area contributed by atoms with Crippen LogP contribution in [-0.2, 0) is 33.0 Å². The Hall–Kier alpha value is -2.95. The maximum absolute atomic E-state index is 14.9. The van der Waals surface area contributed by atoms with Crippen molar-refractivity contribution in [2.45, 2.75) is 34.6 Å². The summed E-state index contributed by atoms with van der Waals surface area (Å²) in [6, 6.07) is 9.90. The molecule has 2 atom stereocenters. The molecule has 3 amide bonds. The summed E-state index contributed by atoms with van der Waals surface area (Å²) in [5.74, 6) is -1.58. The van der Waals surface area contributed by atoms with Gasteiger partial charge in [-0.25, -0.2) is 4.39 Å². The van der Waals surface area contributed by atoms with Gasteiger partial charge in [-0.2, -0.15) is 0 Å². The van der Waals surface area contributed by atoms with E-state index in [0.717, 1.165) is 0 Å². The van der Waals surface area contributed by atoms with E-state index in [-0.39, 0.29) is 24.9 Å². The van der Waals surface area contributed by atoms with Crippen LogP contribution in [0.5, 0.6) is 0 Å². The Kier molecular flexibility index (Phi) is 7.28. The summed E-state index contributed by atoms with van der Waals surface area (Å²) in [5.41, 5.74) is 0.167. The number of fused-ring (bicyclic) bond motifs is 1. The fourth-order valence-electron chi connectivity index (χ4n) is 6.25. The summed E-state index contributed by atoms with van der Waals surface area (Å²) in [4.78, 5) is 43.3. The van der Waals surface area contributed by atoms with Crippen LogP contribution in [0.4, 0.5) is 10.1 Å². The van der Waals surface area contributed by atoms with E-state index >= 15 is 0 Å². The molecule has 16 heteroatoms. The molecular formula is C25H33B6FN4O5. The Morgan fingerprint density at radius 1 is 1.05 bits per heavy atom. The molecule has 2 aromatic carbocycles. The molecule has 3 aliphatic heterocycles. The fourth-order valence-corrected chi connectivity index (χ4v) is 6.25. The number of hydrogen-bond acceptors (Lipinski definition) is 7. The zero-order valence-corrected chi connectivity index (χ0v) is 24.6. The Morgan fingerprint density at radius 2 is 1.73 bits per heavy atom. The third-order valence-electron chi connectivity index (χ3n) is 10.2. The number of carbonyl (C=O) groups is 3. The van der Waals surface area contributed by atoms with Crippen LogP contribution in [0.25, 0.3) is 0 Å². The molecular weight excluding hydrogens is 520 g/mol. The molecule has 3 aliphatic rings. The van der Waals surface area contributed by atoms with Gasteiger partial charge in [0.25, 0.3) is 5.91 Å². The van der Waals surface area contributed by atoms with Gasteiger partial charge in [-0.3, -0.25) is 24.6 Å². The zero-order chi connectivity index (χ0) is 30.0. The predicted molar refractivity (Wildman–Crippen MR) is 169 cm³/mol. The van der Waals surface area contributed by atoms with Crippen LogP contribution in [0.1, 0.15) is 27.0 Å². The molecule has 208 valence electrons. The quantitative estimate of drug-likeness (QED) is 0.244. The number of ether oxygens (including phenoxy) is 1. The molecule has 41 heavy (non-hydrogen) atoms. The molecule has 2 unspecified atom stereocenters. The Balaban J connectivity index is 1.41. The lowest BCUT2D eigenvalue weighted by Crippen LogP contribution is -2.75. The average molecular weight is 553 g/mol. The molecule has 0 aromatic heterocycles. The molecule has 3 heterocycles. The summed E-state index contributed by atoms with van der Waals surface area (Å²) in [6.45, 7) is 2.45. The standard InChI is InChI=1S/C25H33B6FN4O5/c26-22(27)20(38)34-21(39)23(28,25(22,30)31)36-12-16-15(19(36)37)2-1-3-18(16)33-11-13-10-14(4-5-17(13)32)24(29,40)35-6-8-41-9-7-35/h1-5,10,33,40H,6-9,11-12,26-31H2,(H,34,38,39). The van der Waals surface area contributed by atoms with E-state index in [1.54, 1.807) is 60.6 Å². The van der Waals surface area contributed by atoms with Crippen molar-refractivity contribution in [3.05, 3.63) is 64.5 Å². The number of aliphatic hydroxyl groups is 1. The number of morpholine rings is 1. The number of anilines is 1. The van der Waals surface area contributed by atoms with Gasteiger partial charge in [0.1, 0.15) is 50.7 Å². The van der Waals surface area contributed by atoms with Crippen molar-refractivity contribution < 1.29 is 28.6 Å². The van der Waals surface area contributed by atoms with Crippen LogP contribution in [0.15, 0.2) is 36.4 Å². The first-order valence-corrected chi connectivity index (χ1v) is 14.0. The second-order valence-electron chi connectivity index (χ2n) is 12.6. The Labute approximate surface area is 244 Å². The van der Waals surface area contributed by atoms with Crippen molar-refractivity contribution >= 4 is 70.5 Å². The zero-order valence-electron chi connectivity index (χ0n) is 24.6.